The quantitative estimate of drug-likeness (QED) is 0.714. The minimum atomic E-state index is -0.450. The third-order valence-electron chi connectivity index (χ3n) is 4.78. The van der Waals surface area contributed by atoms with Gasteiger partial charge in [0.25, 0.3) is 0 Å². The highest BCUT2D eigenvalue weighted by atomic mass is 32.2. The number of rotatable bonds is 6. The van der Waals surface area contributed by atoms with Gasteiger partial charge in [0.2, 0.25) is 11.8 Å². The summed E-state index contributed by atoms with van der Waals surface area (Å²) in [4.78, 5) is 26.9. The Kier molecular flexibility index (Phi) is 6.52. The van der Waals surface area contributed by atoms with E-state index in [2.05, 4.69) is 5.32 Å². The lowest BCUT2D eigenvalue weighted by Crippen LogP contribution is -2.34. The second-order valence-electron chi connectivity index (χ2n) is 7.12. The van der Waals surface area contributed by atoms with Crippen LogP contribution >= 0.6 is 24.0 Å². The van der Waals surface area contributed by atoms with Gasteiger partial charge in [0, 0.05) is 18.7 Å². The van der Waals surface area contributed by atoms with E-state index in [-0.39, 0.29) is 18.2 Å². The minimum Gasteiger partial charge on any atom is -0.326 e. The number of carbonyl (C=O) groups excluding carboxylic acids is 2. The molecule has 4 nitrogen and oxygen atoms in total. The summed E-state index contributed by atoms with van der Waals surface area (Å²) in [6.45, 7) is 6.53. The molecule has 1 aliphatic heterocycles. The van der Waals surface area contributed by atoms with E-state index in [0.29, 0.717) is 10.9 Å². The fourth-order valence-electron chi connectivity index (χ4n) is 3.45. The van der Waals surface area contributed by atoms with Crippen molar-refractivity contribution in [3.05, 3.63) is 64.7 Å². The molecule has 0 spiro atoms. The van der Waals surface area contributed by atoms with Gasteiger partial charge in [0.1, 0.15) is 4.32 Å². The first-order valence-corrected chi connectivity index (χ1v) is 10.6. The molecule has 3 rings (SSSR count). The fourth-order valence-corrected chi connectivity index (χ4v) is 5.00. The molecule has 2 amide bonds. The molecule has 6 heteroatoms. The zero-order valence-electron chi connectivity index (χ0n) is 16.3. The van der Waals surface area contributed by atoms with Crippen LogP contribution in [0.15, 0.2) is 42.5 Å². The molecule has 0 saturated carbocycles. The third-order valence-corrected chi connectivity index (χ3v) is 6.37. The fraction of sp³-hybridized carbons (Fsp3) is 0.318. The molecule has 2 aromatic carbocycles. The molecule has 146 valence electrons. The highest BCUT2D eigenvalue weighted by Crippen LogP contribution is 2.30. The second kappa shape index (κ2) is 8.88. The number of benzene rings is 2. The summed E-state index contributed by atoms with van der Waals surface area (Å²) in [5, 5.41) is 2.52. The second-order valence-corrected chi connectivity index (χ2v) is 8.96. The molecule has 1 aliphatic rings. The van der Waals surface area contributed by atoms with E-state index >= 15 is 0 Å². The number of carbonyl (C=O) groups is 2. The monoisotopic (exact) mass is 412 g/mol. The van der Waals surface area contributed by atoms with Gasteiger partial charge in [-0.1, -0.05) is 72.0 Å². The van der Waals surface area contributed by atoms with Crippen molar-refractivity contribution in [1.82, 2.24) is 4.90 Å². The van der Waals surface area contributed by atoms with Crippen molar-refractivity contribution < 1.29 is 9.59 Å². The third kappa shape index (κ3) is 4.80. The van der Waals surface area contributed by atoms with Crippen LogP contribution in [0.1, 0.15) is 28.7 Å². The van der Waals surface area contributed by atoms with Gasteiger partial charge in [-0.05, 0) is 43.9 Å². The predicted molar refractivity (Wildman–Crippen MR) is 120 cm³/mol. The number of aryl methyl sites for hydroxylation is 3. The number of hydrogen-bond acceptors (Lipinski definition) is 4. The van der Waals surface area contributed by atoms with E-state index in [0.717, 1.165) is 34.4 Å². The highest BCUT2D eigenvalue weighted by molar-refractivity contribution is 8.24. The lowest BCUT2D eigenvalue weighted by molar-refractivity contribution is -0.128. The van der Waals surface area contributed by atoms with Crippen LogP contribution in [-0.2, 0) is 16.0 Å². The maximum absolute atomic E-state index is 12.7. The maximum atomic E-state index is 12.7. The van der Waals surface area contributed by atoms with Gasteiger partial charge in [0.05, 0.1) is 5.25 Å². The Morgan fingerprint density at radius 1 is 1.14 bits per heavy atom. The molecular weight excluding hydrogens is 388 g/mol. The van der Waals surface area contributed by atoms with Gasteiger partial charge in [-0.25, -0.2) is 0 Å². The Balaban J connectivity index is 1.60. The summed E-state index contributed by atoms with van der Waals surface area (Å²) < 4.78 is 0.557. The van der Waals surface area contributed by atoms with Crippen molar-refractivity contribution in [3.8, 4) is 0 Å². The number of thiocarbonyl (C=S) groups is 1. The van der Waals surface area contributed by atoms with Gasteiger partial charge in [-0.2, -0.15) is 0 Å². The van der Waals surface area contributed by atoms with Gasteiger partial charge >= 0.3 is 0 Å². The smallest absolute Gasteiger partial charge is 0.242 e. The van der Waals surface area contributed by atoms with E-state index in [1.165, 1.54) is 11.8 Å². The molecule has 0 radical (unpaired) electrons. The minimum absolute atomic E-state index is 0.0709. The molecule has 0 aromatic heterocycles. The summed E-state index contributed by atoms with van der Waals surface area (Å²) in [5.41, 5.74) is 5.20. The Hall–Kier alpha value is -2.18. The first-order valence-electron chi connectivity index (χ1n) is 9.29. The lowest BCUT2D eigenvalue weighted by Gasteiger charge is -2.16. The molecular formula is C22H24N2O2S2. The molecule has 1 unspecified atom stereocenters. The van der Waals surface area contributed by atoms with Gasteiger partial charge in [-0.15, -0.1) is 0 Å². The Bertz CT molecular complexity index is 889. The van der Waals surface area contributed by atoms with Crippen molar-refractivity contribution in [2.24, 2.45) is 0 Å². The summed E-state index contributed by atoms with van der Waals surface area (Å²) in [7, 11) is 0. The van der Waals surface area contributed by atoms with Crippen LogP contribution in [0.2, 0.25) is 0 Å². The van der Waals surface area contributed by atoms with Crippen molar-refractivity contribution >= 4 is 45.8 Å². The first-order chi connectivity index (χ1) is 13.3. The van der Waals surface area contributed by atoms with Crippen LogP contribution in [0.4, 0.5) is 5.69 Å². The Morgan fingerprint density at radius 2 is 1.79 bits per heavy atom. The maximum Gasteiger partial charge on any atom is 0.242 e. The molecule has 1 heterocycles. The summed E-state index contributed by atoms with van der Waals surface area (Å²) in [5.74, 6) is -0.230. The molecule has 28 heavy (non-hydrogen) atoms. The van der Waals surface area contributed by atoms with E-state index in [1.54, 1.807) is 4.90 Å². The number of thioether (sulfide) groups is 1. The number of anilines is 1. The van der Waals surface area contributed by atoms with Gasteiger partial charge in [0.15, 0.2) is 0 Å². The zero-order valence-corrected chi connectivity index (χ0v) is 18.0. The van der Waals surface area contributed by atoms with Crippen LogP contribution in [0.25, 0.3) is 0 Å². The molecule has 1 saturated heterocycles. The summed E-state index contributed by atoms with van der Waals surface area (Å²) >= 11 is 6.70. The average Bonchev–Trinajstić information content (AvgIpc) is 2.90. The van der Waals surface area contributed by atoms with Crippen molar-refractivity contribution in [3.63, 3.8) is 0 Å². The topological polar surface area (TPSA) is 49.4 Å². The molecule has 0 aliphatic carbocycles. The standard InChI is InChI=1S/C22H24N2O2S2/c1-14-11-15(2)20(16(3)12-14)23-19(25)13-18-21(26)24(22(27)28-18)10-9-17-7-5-4-6-8-17/h4-8,11-12,18H,9-10,13H2,1-3H3,(H,23,25). The van der Waals surface area contributed by atoms with Crippen molar-refractivity contribution in [1.29, 1.82) is 0 Å². The molecule has 1 fully saturated rings. The lowest BCUT2D eigenvalue weighted by atomic mass is 10.0. The van der Waals surface area contributed by atoms with E-state index in [1.807, 2.05) is 63.2 Å². The van der Waals surface area contributed by atoms with E-state index in [9.17, 15) is 9.59 Å². The molecule has 2 aromatic rings. The van der Waals surface area contributed by atoms with Crippen LogP contribution < -0.4 is 5.32 Å². The van der Waals surface area contributed by atoms with Gasteiger partial charge in [-0.3, -0.25) is 14.5 Å². The number of nitrogens with one attached hydrogen (secondary N) is 1. The normalized spacial score (nSPS) is 16.5. The number of nitrogens with zero attached hydrogens (tertiary/aromatic N) is 1. The predicted octanol–water partition coefficient (Wildman–Crippen LogP) is 4.41. The van der Waals surface area contributed by atoms with E-state index < -0.39 is 5.25 Å². The van der Waals surface area contributed by atoms with Crippen LogP contribution in [0.5, 0.6) is 0 Å². The molecule has 1 N–H and O–H groups in total. The molecule has 0 bridgehead atoms. The van der Waals surface area contributed by atoms with Crippen LogP contribution in [0, 0.1) is 20.8 Å². The van der Waals surface area contributed by atoms with E-state index in [4.69, 9.17) is 12.2 Å². The SMILES string of the molecule is Cc1cc(C)c(NC(=O)CC2SC(=S)N(CCc3ccccc3)C2=O)c(C)c1. The summed E-state index contributed by atoms with van der Waals surface area (Å²) in [6.07, 6.45) is 0.867. The largest absolute Gasteiger partial charge is 0.326 e. The highest BCUT2D eigenvalue weighted by Gasteiger charge is 2.37. The van der Waals surface area contributed by atoms with Crippen LogP contribution in [-0.4, -0.2) is 32.8 Å². The van der Waals surface area contributed by atoms with Crippen LogP contribution in [0.3, 0.4) is 0 Å². The van der Waals surface area contributed by atoms with Crippen molar-refractivity contribution in [2.75, 3.05) is 11.9 Å². The average molecular weight is 413 g/mol. The molecule has 1 atom stereocenters. The Labute approximate surface area is 175 Å². The first kappa shape index (κ1) is 20.6. The zero-order chi connectivity index (χ0) is 20.3. The Morgan fingerprint density at radius 3 is 2.43 bits per heavy atom. The summed E-state index contributed by atoms with van der Waals surface area (Å²) in [6, 6.07) is 14.1. The number of hydrogen-bond donors (Lipinski definition) is 1. The van der Waals surface area contributed by atoms with Crippen molar-refractivity contribution in [2.45, 2.75) is 38.9 Å². The number of amides is 2. The van der Waals surface area contributed by atoms with Gasteiger partial charge < -0.3 is 5.32 Å².